The lowest BCUT2D eigenvalue weighted by atomic mass is 10.0. The van der Waals surface area contributed by atoms with Crippen molar-refractivity contribution in [1.82, 2.24) is 10.1 Å². The number of amides is 1. The number of para-hydroxylation sites is 1. The molecule has 110 valence electrons. The van der Waals surface area contributed by atoms with Crippen molar-refractivity contribution in [2.45, 2.75) is 49.6 Å². The van der Waals surface area contributed by atoms with Gasteiger partial charge in [-0.2, -0.15) is 0 Å². The molecule has 3 heterocycles. The van der Waals surface area contributed by atoms with Gasteiger partial charge in [-0.15, -0.1) is 11.6 Å². The first-order valence-electron chi connectivity index (χ1n) is 7.51. The maximum Gasteiger partial charge on any atom is 0.229 e. The number of hydrogen-bond acceptors (Lipinski definition) is 3. The zero-order valence-corrected chi connectivity index (χ0v) is 12.4. The average Bonchev–Trinajstić information content (AvgIpc) is 2.99. The van der Waals surface area contributed by atoms with Crippen molar-refractivity contribution in [3.8, 4) is 0 Å². The number of nitrogens with zero attached hydrogens (tertiary/aromatic N) is 2. The van der Waals surface area contributed by atoms with Crippen LogP contribution >= 0.6 is 11.6 Å². The van der Waals surface area contributed by atoms with Crippen molar-refractivity contribution in [1.29, 1.82) is 0 Å². The van der Waals surface area contributed by atoms with Crippen LogP contribution in [0.3, 0.4) is 0 Å². The summed E-state index contributed by atoms with van der Waals surface area (Å²) in [7, 11) is 0. The first kappa shape index (κ1) is 13.1. The minimum Gasteiger partial charge on any atom is -0.356 e. The monoisotopic (exact) mass is 304 g/mol. The predicted molar refractivity (Wildman–Crippen MR) is 80.2 cm³/mol. The van der Waals surface area contributed by atoms with E-state index in [4.69, 9.17) is 16.1 Å². The topological polar surface area (TPSA) is 46.3 Å². The van der Waals surface area contributed by atoms with Gasteiger partial charge in [-0.05, 0) is 37.8 Å². The number of hydrogen-bond donors (Lipinski definition) is 0. The van der Waals surface area contributed by atoms with E-state index in [0.29, 0.717) is 18.5 Å². The summed E-state index contributed by atoms with van der Waals surface area (Å²) in [6.07, 6.45) is 4.32. The SMILES string of the molecule is O=C(Cc1noc2ccccc12)N1C2CCC1CC(Cl)C2. The lowest BCUT2D eigenvalue weighted by Crippen LogP contribution is -2.47. The van der Waals surface area contributed by atoms with Crippen molar-refractivity contribution < 1.29 is 9.32 Å². The molecule has 2 aliphatic rings. The molecule has 21 heavy (non-hydrogen) atoms. The Balaban J connectivity index is 1.56. The van der Waals surface area contributed by atoms with Crippen LogP contribution in [0, 0.1) is 0 Å². The first-order valence-corrected chi connectivity index (χ1v) is 7.94. The lowest BCUT2D eigenvalue weighted by molar-refractivity contribution is -0.134. The highest BCUT2D eigenvalue weighted by molar-refractivity contribution is 6.20. The second kappa shape index (κ2) is 5.02. The van der Waals surface area contributed by atoms with Crippen LogP contribution in [0.25, 0.3) is 11.0 Å². The van der Waals surface area contributed by atoms with Gasteiger partial charge in [0, 0.05) is 22.8 Å². The fraction of sp³-hybridized carbons (Fsp3) is 0.500. The van der Waals surface area contributed by atoms with Crippen molar-refractivity contribution in [3.05, 3.63) is 30.0 Å². The van der Waals surface area contributed by atoms with Crippen LogP contribution in [0.2, 0.25) is 0 Å². The van der Waals surface area contributed by atoms with Gasteiger partial charge in [0.1, 0.15) is 5.69 Å². The minimum atomic E-state index is 0.158. The van der Waals surface area contributed by atoms with E-state index in [1.165, 1.54) is 0 Å². The third-order valence-corrected chi connectivity index (χ3v) is 5.09. The van der Waals surface area contributed by atoms with Crippen LogP contribution in [0.4, 0.5) is 0 Å². The van der Waals surface area contributed by atoms with E-state index >= 15 is 0 Å². The molecule has 0 aliphatic carbocycles. The largest absolute Gasteiger partial charge is 0.356 e. The molecule has 1 amide bonds. The maximum atomic E-state index is 12.7. The maximum absolute atomic E-state index is 12.7. The molecule has 2 saturated heterocycles. The highest BCUT2D eigenvalue weighted by Gasteiger charge is 2.42. The molecule has 2 bridgehead atoms. The number of carbonyl (C=O) groups is 1. The number of halogens is 1. The van der Waals surface area contributed by atoms with Crippen molar-refractivity contribution >= 4 is 28.5 Å². The Labute approximate surface area is 128 Å². The fourth-order valence-corrected chi connectivity index (χ4v) is 4.23. The molecule has 2 atom stereocenters. The molecule has 4 nitrogen and oxygen atoms in total. The summed E-state index contributed by atoms with van der Waals surface area (Å²) in [4.78, 5) is 14.7. The summed E-state index contributed by atoms with van der Waals surface area (Å²) >= 11 is 6.27. The molecule has 1 aromatic carbocycles. The second-order valence-electron chi connectivity index (χ2n) is 6.06. The number of piperidine rings is 1. The van der Waals surface area contributed by atoms with Crippen molar-refractivity contribution in [3.63, 3.8) is 0 Å². The van der Waals surface area contributed by atoms with Gasteiger partial charge in [0.05, 0.1) is 6.42 Å². The van der Waals surface area contributed by atoms with Gasteiger partial charge in [-0.3, -0.25) is 4.79 Å². The first-order chi connectivity index (χ1) is 10.2. The Bertz CT molecular complexity index is 670. The molecule has 0 N–H and O–H groups in total. The summed E-state index contributed by atoms with van der Waals surface area (Å²) in [5, 5.41) is 5.22. The van der Waals surface area contributed by atoms with Gasteiger partial charge in [0.15, 0.2) is 5.58 Å². The fourth-order valence-electron chi connectivity index (χ4n) is 3.82. The number of rotatable bonds is 2. The number of fused-ring (bicyclic) bond motifs is 3. The number of aromatic nitrogens is 1. The van der Waals surface area contributed by atoms with E-state index in [0.717, 1.165) is 42.3 Å². The van der Waals surface area contributed by atoms with E-state index in [-0.39, 0.29) is 11.3 Å². The Morgan fingerprint density at radius 3 is 2.76 bits per heavy atom. The molecular weight excluding hydrogens is 288 g/mol. The molecular formula is C16H17ClN2O2. The zero-order valence-electron chi connectivity index (χ0n) is 11.7. The standard InChI is InChI=1S/C16H17ClN2O2/c17-10-7-11-5-6-12(8-10)19(11)16(20)9-14-13-3-1-2-4-15(13)21-18-14/h1-4,10-12H,5-9H2. The Morgan fingerprint density at radius 2 is 2.00 bits per heavy atom. The van der Waals surface area contributed by atoms with Crippen molar-refractivity contribution in [2.24, 2.45) is 0 Å². The summed E-state index contributed by atoms with van der Waals surface area (Å²) in [6.45, 7) is 0. The average molecular weight is 305 g/mol. The molecule has 0 radical (unpaired) electrons. The molecule has 2 aromatic rings. The predicted octanol–water partition coefficient (Wildman–Crippen LogP) is 3.13. The summed E-state index contributed by atoms with van der Waals surface area (Å²) in [5.41, 5.74) is 1.48. The van der Waals surface area contributed by atoms with E-state index in [1.54, 1.807) is 0 Å². The van der Waals surface area contributed by atoms with Gasteiger partial charge in [0.2, 0.25) is 5.91 Å². The van der Waals surface area contributed by atoms with Crippen LogP contribution in [0.5, 0.6) is 0 Å². The molecule has 0 saturated carbocycles. The van der Waals surface area contributed by atoms with Gasteiger partial charge < -0.3 is 9.42 Å². The highest BCUT2D eigenvalue weighted by atomic mass is 35.5. The molecule has 1 aromatic heterocycles. The Morgan fingerprint density at radius 1 is 1.29 bits per heavy atom. The van der Waals surface area contributed by atoms with E-state index in [2.05, 4.69) is 10.1 Å². The normalized spacial score (nSPS) is 28.2. The van der Waals surface area contributed by atoms with Crippen LogP contribution in [0.1, 0.15) is 31.4 Å². The van der Waals surface area contributed by atoms with Crippen LogP contribution in [0.15, 0.2) is 28.8 Å². The van der Waals surface area contributed by atoms with Crippen LogP contribution < -0.4 is 0 Å². The smallest absolute Gasteiger partial charge is 0.229 e. The van der Waals surface area contributed by atoms with Crippen LogP contribution in [-0.4, -0.2) is 33.4 Å². The van der Waals surface area contributed by atoms with E-state index < -0.39 is 0 Å². The lowest BCUT2D eigenvalue weighted by Gasteiger charge is -2.37. The zero-order chi connectivity index (χ0) is 14.4. The van der Waals surface area contributed by atoms with Crippen molar-refractivity contribution in [2.75, 3.05) is 0 Å². The number of carbonyl (C=O) groups excluding carboxylic acids is 1. The summed E-state index contributed by atoms with van der Waals surface area (Å²) in [6, 6.07) is 8.31. The Hall–Kier alpha value is -1.55. The number of alkyl halides is 1. The van der Waals surface area contributed by atoms with Gasteiger partial charge in [-0.25, -0.2) is 0 Å². The molecule has 4 rings (SSSR count). The molecule has 5 heteroatoms. The third kappa shape index (κ3) is 2.22. The van der Waals surface area contributed by atoms with Gasteiger partial charge in [-0.1, -0.05) is 17.3 Å². The third-order valence-electron chi connectivity index (χ3n) is 4.73. The summed E-state index contributed by atoms with van der Waals surface area (Å²) in [5.74, 6) is 0.158. The second-order valence-corrected chi connectivity index (χ2v) is 6.67. The quantitative estimate of drug-likeness (QED) is 0.801. The minimum absolute atomic E-state index is 0.158. The molecule has 2 unspecified atom stereocenters. The number of benzene rings is 1. The van der Waals surface area contributed by atoms with E-state index in [1.807, 2.05) is 24.3 Å². The molecule has 2 aliphatic heterocycles. The summed E-state index contributed by atoms with van der Waals surface area (Å²) < 4.78 is 5.28. The van der Waals surface area contributed by atoms with Gasteiger partial charge in [0.25, 0.3) is 0 Å². The van der Waals surface area contributed by atoms with Crippen LogP contribution in [-0.2, 0) is 11.2 Å². The molecule has 2 fully saturated rings. The Kier molecular flexibility index (Phi) is 3.14. The molecule has 0 spiro atoms. The highest BCUT2D eigenvalue weighted by Crippen LogP contribution is 2.38. The van der Waals surface area contributed by atoms with E-state index in [9.17, 15) is 4.79 Å². The van der Waals surface area contributed by atoms with Gasteiger partial charge >= 0.3 is 0 Å².